The Morgan fingerprint density at radius 3 is 0.899 bits per heavy atom. The van der Waals surface area contributed by atoms with E-state index in [4.69, 9.17) is 37.0 Å². The average Bonchev–Trinajstić information content (AvgIpc) is 3.42. The van der Waals surface area contributed by atoms with E-state index in [2.05, 4.69) is 34.6 Å². The number of carbonyl (C=O) groups is 4. The lowest BCUT2D eigenvalue weighted by molar-refractivity contribution is -0.161. The van der Waals surface area contributed by atoms with Gasteiger partial charge >= 0.3 is 39.5 Å². The molecular weight excluding hydrogens is 1050 g/mol. The van der Waals surface area contributed by atoms with Crippen LogP contribution in [0.3, 0.4) is 0 Å². The zero-order valence-electron chi connectivity index (χ0n) is 50.5. The Labute approximate surface area is 479 Å². The molecule has 0 radical (unpaired) electrons. The van der Waals surface area contributed by atoms with Crippen molar-refractivity contribution in [1.82, 2.24) is 0 Å². The van der Waals surface area contributed by atoms with Gasteiger partial charge in [-0.15, -0.1) is 0 Å². The molecule has 0 saturated heterocycles. The Morgan fingerprint density at radius 1 is 0.354 bits per heavy atom. The van der Waals surface area contributed by atoms with Crippen LogP contribution in [-0.2, 0) is 65.4 Å². The number of hydrogen-bond acceptors (Lipinski definition) is 15. The van der Waals surface area contributed by atoms with Crippen LogP contribution in [0.25, 0.3) is 0 Å². The number of esters is 4. The zero-order chi connectivity index (χ0) is 58.5. The van der Waals surface area contributed by atoms with Crippen molar-refractivity contribution >= 4 is 39.5 Å². The number of hydrogen-bond donors (Lipinski definition) is 3. The largest absolute Gasteiger partial charge is 0.472 e. The Bertz CT molecular complexity index is 1550. The van der Waals surface area contributed by atoms with Crippen molar-refractivity contribution < 1.29 is 80.2 Å². The third kappa shape index (κ3) is 53.8. The molecule has 0 aromatic carbocycles. The molecule has 468 valence electrons. The van der Waals surface area contributed by atoms with Crippen LogP contribution in [0.4, 0.5) is 0 Å². The number of aliphatic hydroxyl groups excluding tert-OH is 1. The van der Waals surface area contributed by atoms with Gasteiger partial charge in [-0.1, -0.05) is 247 Å². The summed E-state index contributed by atoms with van der Waals surface area (Å²) < 4.78 is 67.5. The molecule has 79 heavy (non-hydrogen) atoms. The minimum atomic E-state index is -4.94. The highest BCUT2D eigenvalue weighted by Crippen LogP contribution is 2.45. The molecule has 0 heterocycles. The molecule has 0 aromatic rings. The highest BCUT2D eigenvalue weighted by Gasteiger charge is 2.30. The lowest BCUT2D eigenvalue weighted by atomic mass is 9.99. The first-order chi connectivity index (χ1) is 38.1. The van der Waals surface area contributed by atoms with Gasteiger partial charge in [0.1, 0.15) is 19.3 Å². The van der Waals surface area contributed by atoms with Gasteiger partial charge in [-0.3, -0.25) is 37.3 Å². The first kappa shape index (κ1) is 77.1. The zero-order valence-corrected chi connectivity index (χ0v) is 52.3. The van der Waals surface area contributed by atoms with Crippen LogP contribution in [0.1, 0.15) is 298 Å². The van der Waals surface area contributed by atoms with Crippen molar-refractivity contribution in [2.24, 2.45) is 5.92 Å². The van der Waals surface area contributed by atoms with Crippen molar-refractivity contribution in [2.45, 2.75) is 316 Å². The highest BCUT2D eigenvalue weighted by atomic mass is 31.2. The fourth-order valence-electron chi connectivity index (χ4n) is 8.84. The number of phosphoric ester groups is 2. The van der Waals surface area contributed by atoms with E-state index in [9.17, 15) is 43.2 Å². The lowest BCUT2D eigenvalue weighted by Gasteiger charge is -2.21. The number of aliphatic hydroxyl groups is 1. The molecule has 6 atom stereocenters. The molecule has 0 aliphatic carbocycles. The van der Waals surface area contributed by atoms with Crippen LogP contribution in [0.5, 0.6) is 0 Å². The van der Waals surface area contributed by atoms with Crippen LogP contribution < -0.4 is 0 Å². The second-order valence-electron chi connectivity index (χ2n) is 22.0. The number of unbranched alkanes of at least 4 members (excludes halogenated alkanes) is 31. The van der Waals surface area contributed by atoms with Crippen molar-refractivity contribution in [1.29, 1.82) is 0 Å². The van der Waals surface area contributed by atoms with E-state index >= 15 is 0 Å². The summed E-state index contributed by atoms with van der Waals surface area (Å²) >= 11 is 0. The van der Waals surface area contributed by atoms with E-state index in [1.165, 1.54) is 103 Å². The van der Waals surface area contributed by atoms with E-state index in [0.717, 1.165) is 115 Å². The monoisotopic (exact) mass is 1170 g/mol. The van der Waals surface area contributed by atoms with Crippen LogP contribution in [0.2, 0.25) is 0 Å². The van der Waals surface area contributed by atoms with Crippen LogP contribution in [0.15, 0.2) is 0 Å². The average molecular weight is 1170 g/mol. The predicted octanol–water partition coefficient (Wildman–Crippen LogP) is 16.2. The van der Waals surface area contributed by atoms with Crippen LogP contribution in [0, 0.1) is 5.92 Å². The molecule has 0 aliphatic heterocycles. The van der Waals surface area contributed by atoms with Crippen molar-refractivity contribution in [3.05, 3.63) is 0 Å². The molecule has 0 fully saturated rings. The van der Waals surface area contributed by atoms with Gasteiger partial charge < -0.3 is 33.8 Å². The van der Waals surface area contributed by atoms with E-state index in [-0.39, 0.29) is 25.7 Å². The summed E-state index contributed by atoms with van der Waals surface area (Å²) in [6, 6.07) is 0. The minimum Gasteiger partial charge on any atom is -0.462 e. The van der Waals surface area contributed by atoms with Gasteiger partial charge in [0.25, 0.3) is 0 Å². The van der Waals surface area contributed by atoms with E-state index < -0.39 is 97.5 Å². The third-order valence-corrected chi connectivity index (χ3v) is 16.0. The normalized spacial score (nSPS) is 14.7. The fraction of sp³-hybridized carbons (Fsp3) is 0.933. The maximum absolute atomic E-state index is 12.9. The summed E-state index contributed by atoms with van der Waals surface area (Å²) in [4.78, 5) is 71.6. The summed E-state index contributed by atoms with van der Waals surface area (Å²) in [6.45, 7) is 7.08. The van der Waals surface area contributed by atoms with Gasteiger partial charge in [0.05, 0.1) is 26.4 Å². The van der Waals surface area contributed by atoms with Gasteiger partial charge in [0.2, 0.25) is 0 Å². The van der Waals surface area contributed by atoms with Crippen molar-refractivity contribution in [3.8, 4) is 0 Å². The quantitative estimate of drug-likeness (QED) is 0.0222. The molecule has 0 spiro atoms. The highest BCUT2D eigenvalue weighted by molar-refractivity contribution is 7.47. The van der Waals surface area contributed by atoms with Crippen LogP contribution >= 0.6 is 15.6 Å². The maximum Gasteiger partial charge on any atom is 0.472 e. The van der Waals surface area contributed by atoms with Gasteiger partial charge in [0.15, 0.2) is 12.2 Å². The van der Waals surface area contributed by atoms with Gasteiger partial charge in [-0.2, -0.15) is 0 Å². The first-order valence-electron chi connectivity index (χ1n) is 31.7. The molecule has 19 heteroatoms. The van der Waals surface area contributed by atoms with E-state index in [1.54, 1.807) is 0 Å². The second-order valence-corrected chi connectivity index (χ2v) is 24.9. The molecular formula is C60H116O17P2. The lowest BCUT2D eigenvalue weighted by Crippen LogP contribution is -2.30. The third-order valence-electron chi connectivity index (χ3n) is 14.1. The van der Waals surface area contributed by atoms with Gasteiger partial charge in [-0.25, -0.2) is 9.13 Å². The van der Waals surface area contributed by atoms with E-state index in [0.29, 0.717) is 25.7 Å². The maximum atomic E-state index is 12.9. The minimum absolute atomic E-state index is 0.104. The molecule has 0 saturated carbocycles. The smallest absolute Gasteiger partial charge is 0.462 e. The molecule has 0 aromatic heterocycles. The standard InChI is InChI=1S/C60H116O17P2/c1-6-10-13-16-18-29-34-39-44-58(63)71-50-56(77-60(65)46-41-36-31-27-25-23-21-20-22-24-26-28-33-37-42-53(5)9-4)52-75-79(68,69)73-48-54(61)47-72-78(66,67)74-51-55(49-70-57(62)43-38-32-15-12-8-3)76-59(64)45-40-35-30-19-17-14-11-7-2/h53-56,61H,6-52H2,1-5H3,(H,66,67)(H,68,69)/t53?,54-,55+,56+/m0/s1. The summed E-state index contributed by atoms with van der Waals surface area (Å²) in [6.07, 6.45) is 36.6. The molecule has 0 aliphatic rings. The molecule has 0 amide bonds. The molecule has 17 nitrogen and oxygen atoms in total. The molecule has 3 unspecified atom stereocenters. The number of carbonyl (C=O) groups excluding carboxylic acids is 4. The topological polar surface area (TPSA) is 237 Å². The van der Waals surface area contributed by atoms with Crippen molar-refractivity contribution in [3.63, 3.8) is 0 Å². The Kier molecular flexibility index (Phi) is 52.7. The van der Waals surface area contributed by atoms with Crippen molar-refractivity contribution in [2.75, 3.05) is 39.6 Å². The van der Waals surface area contributed by atoms with Gasteiger partial charge in [-0.05, 0) is 31.6 Å². The van der Waals surface area contributed by atoms with Gasteiger partial charge in [0, 0.05) is 25.7 Å². The van der Waals surface area contributed by atoms with Crippen LogP contribution in [-0.4, -0.2) is 96.7 Å². The second kappa shape index (κ2) is 54.0. The number of rotatable bonds is 60. The number of ether oxygens (including phenoxy) is 4. The fourth-order valence-corrected chi connectivity index (χ4v) is 10.4. The summed E-state index contributed by atoms with van der Waals surface area (Å²) in [7, 11) is -9.86. The Hall–Kier alpha value is -1.94. The molecule has 0 bridgehead atoms. The predicted molar refractivity (Wildman–Crippen MR) is 312 cm³/mol. The molecule has 0 rings (SSSR count). The summed E-state index contributed by atoms with van der Waals surface area (Å²) in [5.41, 5.74) is 0. The summed E-state index contributed by atoms with van der Waals surface area (Å²) in [5, 5.41) is 10.5. The van der Waals surface area contributed by atoms with E-state index in [1.807, 2.05) is 0 Å². The Balaban J connectivity index is 5.09. The number of phosphoric acid groups is 2. The Morgan fingerprint density at radius 2 is 0.608 bits per heavy atom. The first-order valence-corrected chi connectivity index (χ1v) is 34.7. The molecule has 3 N–H and O–H groups in total. The summed E-state index contributed by atoms with van der Waals surface area (Å²) in [5.74, 6) is -1.31. The SMILES string of the molecule is CCCCCCCCCCC(=O)OC[C@H](COP(=O)(O)OC[C@@H](O)COP(=O)(O)OC[C@@H](COC(=O)CCCCCCC)OC(=O)CCCCCCCCCC)OC(=O)CCCCCCCCCCCCCCCCC(C)CC.